The molecule has 2 heterocycles. The molecule has 9 nitrogen and oxygen atoms in total. The molecule has 1 saturated heterocycles. The van der Waals surface area contributed by atoms with E-state index in [4.69, 9.17) is 0 Å². The minimum atomic E-state index is -1.09. The second-order valence-corrected chi connectivity index (χ2v) is 10.3. The average Bonchev–Trinajstić information content (AvgIpc) is 3.70. The van der Waals surface area contributed by atoms with Crippen molar-refractivity contribution in [2.75, 3.05) is 29.9 Å². The van der Waals surface area contributed by atoms with Crippen LogP contribution in [0.1, 0.15) is 71.7 Å². The molecule has 4 amide bonds. The highest BCUT2D eigenvalue weighted by molar-refractivity contribution is 6.23. The fourth-order valence-corrected chi connectivity index (χ4v) is 5.33. The summed E-state index contributed by atoms with van der Waals surface area (Å²) < 4.78 is 14.8. The van der Waals surface area contributed by atoms with Gasteiger partial charge >= 0.3 is 0 Å². The number of nitrogens with zero attached hydrogens (tertiary/aromatic N) is 3. The predicted molar refractivity (Wildman–Crippen MR) is 142 cm³/mol. The van der Waals surface area contributed by atoms with E-state index in [1.165, 1.54) is 6.07 Å². The number of carbonyl (C=O) groups excluding carboxylic acids is 4. The third kappa shape index (κ3) is 4.97. The molecule has 1 aliphatic carbocycles. The lowest BCUT2D eigenvalue weighted by Crippen LogP contribution is -2.54. The van der Waals surface area contributed by atoms with Crippen LogP contribution in [0.15, 0.2) is 36.4 Å². The number of amides is 4. The van der Waals surface area contributed by atoms with Gasteiger partial charge in [0.05, 0.1) is 28.3 Å². The first-order valence-electron chi connectivity index (χ1n) is 13.3. The van der Waals surface area contributed by atoms with Gasteiger partial charge in [-0.3, -0.25) is 29.4 Å². The summed E-state index contributed by atoms with van der Waals surface area (Å²) in [6.45, 7) is 4.19. The van der Waals surface area contributed by atoms with Crippen LogP contribution in [-0.2, 0) is 15.0 Å². The summed E-state index contributed by atoms with van der Waals surface area (Å²) in [5, 5.41) is 14.6. The fourth-order valence-electron chi connectivity index (χ4n) is 5.33. The minimum Gasteiger partial charge on any atom is -0.383 e. The van der Waals surface area contributed by atoms with E-state index in [1.54, 1.807) is 0 Å². The number of nitriles is 1. The Morgan fingerprint density at radius 2 is 1.79 bits per heavy atom. The van der Waals surface area contributed by atoms with E-state index in [-0.39, 0.29) is 35.1 Å². The van der Waals surface area contributed by atoms with Crippen molar-refractivity contribution < 1.29 is 23.6 Å². The van der Waals surface area contributed by atoms with Crippen LogP contribution in [0.25, 0.3) is 0 Å². The van der Waals surface area contributed by atoms with Crippen molar-refractivity contribution in [1.82, 2.24) is 10.2 Å². The van der Waals surface area contributed by atoms with E-state index in [0.717, 1.165) is 61.0 Å². The zero-order valence-corrected chi connectivity index (χ0v) is 21.8. The molecule has 1 saturated carbocycles. The minimum absolute atomic E-state index is 0.0215. The molecule has 1 atom stereocenters. The monoisotopic (exact) mass is 531 g/mol. The Hall–Kier alpha value is -4.26. The second kappa shape index (κ2) is 10.5. The van der Waals surface area contributed by atoms with Gasteiger partial charge in [0, 0.05) is 31.7 Å². The lowest BCUT2D eigenvalue weighted by atomic mass is 9.97. The molecular weight excluding hydrogens is 501 g/mol. The Bertz CT molecular complexity index is 1380. The van der Waals surface area contributed by atoms with Gasteiger partial charge in [-0.25, -0.2) is 4.39 Å². The van der Waals surface area contributed by atoms with Gasteiger partial charge in [0.2, 0.25) is 11.8 Å². The van der Waals surface area contributed by atoms with E-state index < -0.39 is 35.5 Å². The van der Waals surface area contributed by atoms with E-state index in [2.05, 4.69) is 40.7 Å². The smallest absolute Gasteiger partial charge is 0.262 e. The molecule has 2 aromatic carbocycles. The normalized spacial score (nSPS) is 19.4. The summed E-state index contributed by atoms with van der Waals surface area (Å²) in [4.78, 5) is 52.5. The number of unbranched alkanes of at least 4 members (excludes halogenated alkanes) is 1. The highest BCUT2D eigenvalue weighted by atomic mass is 19.1. The van der Waals surface area contributed by atoms with Crippen LogP contribution in [0.2, 0.25) is 0 Å². The standard InChI is InChI=1S/C29H30FN5O4/c1-2-34(19-7-5-18(6-8-19)29(17-31)11-12-29)14-4-3-13-32-23-16-21-20(15-22(23)30)27(38)35(28(21)39)24-9-10-25(36)33-26(24)37/h5-8,15-16,24,32H,2-4,9-14H2,1H3,(H,33,36,37). The van der Waals surface area contributed by atoms with Crippen molar-refractivity contribution in [1.29, 1.82) is 5.26 Å². The molecule has 3 aliphatic rings. The number of fused-ring (bicyclic) bond motifs is 1. The first-order valence-corrected chi connectivity index (χ1v) is 13.3. The van der Waals surface area contributed by atoms with E-state index >= 15 is 0 Å². The molecule has 2 aliphatic heterocycles. The van der Waals surface area contributed by atoms with Gasteiger partial charge in [-0.1, -0.05) is 12.1 Å². The molecule has 5 rings (SSSR count). The molecule has 2 aromatic rings. The lowest BCUT2D eigenvalue weighted by molar-refractivity contribution is -0.136. The number of halogens is 1. The first kappa shape index (κ1) is 26.4. The molecule has 39 heavy (non-hydrogen) atoms. The third-order valence-corrected chi connectivity index (χ3v) is 7.83. The zero-order chi connectivity index (χ0) is 27.7. The second-order valence-electron chi connectivity index (χ2n) is 10.3. The van der Waals surface area contributed by atoms with Crippen LogP contribution in [0.3, 0.4) is 0 Å². The van der Waals surface area contributed by atoms with Crippen molar-refractivity contribution in [3.8, 4) is 6.07 Å². The molecule has 202 valence electrons. The number of anilines is 2. The van der Waals surface area contributed by atoms with Crippen molar-refractivity contribution in [2.45, 2.75) is 56.9 Å². The summed E-state index contributed by atoms with van der Waals surface area (Å²) in [5.74, 6) is -3.21. The first-order chi connectivity index (χ1) is 18.8. The number of carbonyl (C=O) groups is 4. The number of hydrogen-bond acceptors (Lipinski definition) is 7. The molecular formula is C29H30FN5O4. The zero-order valence-electron chi connectivity index (χ0n) is 21.8. The molecule has 0 aromatic heterocycles. The van der Waals surface area contributed by atoms with Crippen molar-refractivity contribution in [3.63, 3.8) is 0 Å². The van der Waals surface area contributed by atoms with E-state index in [9.17, 15) is 28.8 Å². The summed E-state index contributed by atoms with van der Waals surface area (Å²) in [7, 11) is 0. The number of benzene rings is 2. The van der Waals surface area contributed by atoms with Crippen molar-refractivity contribution in [3.05, 3.63) is 58.9 Å². The Morgan fingerprint density at radius 1 is 1.10 bits per heavy atom. The average molecular weight is 532 g/mol. The quantitative estimate of drug-likeness (QED) is 0.355. The van der Waals surface area contributed by atoms with Gasteiger partial charge in [0.25, 0.3) is 11.8 Å². The van der Waals surface area contributed by atoms with E-state index in [1.807, 2.05) is 12.1 Å². The largest absolute Gasteiger partial charge is 0.383 e. The summed E-state index contributed by atoms with van der Waals surface area (Å²) in [6.07, 6.45) is 3.49. The number of nitrogens with one attached hydrogen (secondary N) is 2. The van der Waals surface area contributed by atoms with Crippen LogP contribution in [0.4, 0.5) is 15.8 Å². The maximum Gasteiger partial charge on any atom is 0.262 e. The van der Waals surface area contributed by atoms with Gasteiger partial charge in [-0.2, -0.15) is 5.26 Å². The van der Waals surface area contributed by atoms with Crippen LogP contribution in [0, 0.1) is 17.1 Å². The Kier molecular flexibility index (Phi) is 7.08. The highest BCUT2D eigenvalue weighted by Crippen LogP contribution is 2.47. The van der Waals surface area contributed by atoms with Crippen molar-refractivity contribution >= 4 is 35.0 Å². The lowest BCUT2D eigenvalue weighted by Gasteiger charge is -2.27. The number of hydrogen-bond donors (Lipinski definition) is 2. The highest BCUT2D eigenvalue weighted by Gasteiger charge is 2.46. The van der Waals surface area contributed by atoms with Gasteiger partial charge in [-0.15, -0.1) is 0 Å². The van der Waals surface area contributed by atoms with Gasteiger partial charge in [-0.05, 0) is 68.9 Å². The summed E-state index contributed by atoms with van der Waals surface area (Å²) >= 11 is 0. The van der Waals surface area contributed by atoms with Crippen LogP contribution in [-0.4, -0.2) is 54.2 Å². The molecule has 1 unspecified atom stereocenters. The van der Waals surface area contributed by atoms with Crippen LogP contribution in [0.5, 0.6) is 0 Å². The van der Waals surface area contributed by atoms with Crippen LogP contribution >= 0.6 is 0 Å². The maximum atomic E-state index is 14.8. The molecule has 0 bridgehead atoms. The molecule has 10 heteroatoms. The fraction of sp³-hybridized carbons (Fsp3) is 0.414. The van der Waals surface area contributed by atoms with Gasteiger partial charge in [0.15, 0.2) is 0 Å². The molecule has 0 spiro atoms. The molecule has 2 N–H and O–H groups in total. The maximum absolute atomic E-state index is 14.8. The summed E-state index contributed by atoms with van der Waals surface area (Å²) in [5.41, 5.74) is 1.95. The molecule has 0 radical (unpaired) electrons. The van der Waals surface area contributed by atoms with Gasteiger partial charge in [0.1, 0.15) is 11.9 Å². The number of piperidine rings is 1. The van der Waals surface area contributed by atoms with Crippen LogP contribution < -0.4 is 15.5 Å². The Morgan fingerprint density at radius 3 is 2.41 bits per heavy atom. The Balaban J connectivity index is 1.15. The number of imide groups is 2. The molecule has 2 fully saturated rings. The van der Waals surface area contributed by atoms with E-state index in [0.29, 0.717) is 6.54 Å². The Labute approximate surface area is 225 Å². The summed E-state index contributed by atoms with van der Waals surface area (Å²) in [6, 6.07) is 11.9. The van der Waals surface area contributed by atoms with Crippen molar-refractivity contribution in [2.24, 2.45) is 0 Å². The number of rotatable bonds is 10. The topological polar surface area (TPSA) is 123 Å². The predicted octanol–water partition coefficient (Wildman–Crippen LogP) is 3.50. The third-order valence-electron chi connectivity index (χ3n) is 7.83. The SMILES string of the molecule is CCN(CCCCNc1cc2c(cc1F)C(=O)N(C1CCC(=O)NC1=O)C2=O)c1ccc(C2(C#N)CC2)cc1. The van der Waals surface area contributed by atoms with Gasteiger partial charge < -0.3 is 10.2 Å².